The Balaban J connectivity index is 2.08. The number of Topliss-reactive ketones (excluding diaryl/α,β-unsaturated/α-hetero) is 1. The number of hydrogen-bond donors (Lipinski definition) is 0. The molecule has 1 nitrogen and oxygen atoms in total. The number of hydrogen-bond acceptors (Lipinski definition) is 1. The summed E-state index contributed by atoms with van der Waals surface area (Å²) in [5.74, 6) is 0.801. The van der Waals surface area contributed by atoms with Crippen LogP contribution in [0.4, 0.5) is 0 Å². The maximum absolute atomic E-state index is 12.4. The summed E-state index contributed by atoms with van der Waals surface area (Å²) in [7, 11) is 0. The lowest BCUT2D eigenvalue weighted by molar-refractivity contribution is -0.123. The molecule has 0 spiro atoms. The Morgan fingerprint density at radius 3 is 2.08 bits per heavy atom. The standard InChI is InChI=1S/C23H38O/c1-3-5-6-7-8-9-10-14-20-23(24)22(4-2)19-15-18-21-16-12-11-13-17-21/h11-13,16-17,22H,3-10,14-15,18-20H2,1-2H3. The van der Waals surface area contributed by atoms with Gasteiger partial charge in [0.2, 0.25) is 0 Å². The molecule has 0 aliphatic carbocycles. The van der Waals surface area contributed by atoms with E-state index in [1.807, 2.05) is 0 Å². The second-order valence-electron chi connectivity index (χ2n) is 7.17. The van der Waals surface area contributed by atoms with Gasteiger partial charge in [0.25, 0.3) is 0 Å². The van der Waals surface area contributed by atoms with Gasteiger partial charge in [-0.25, -0.2) is 0 Å². The lowest BCUT2D eigenvalue weighted by Crippen LogP contribution is -2.13. The zero-order valence-electron chi connectivity index (χ0n) is 16.1. The Morgan fingerprint density at radius 1 is 0.833 bits per heavy atom. The molecule has 1 atom stereocenters. The fourth-order valence-corrected chi connectivity index (χ4v) is 3.43. The third-order valence-corrected chi connectivity index (χ3v) is 5.09. The first-order chi connectivity index (χ1) is 11.8. The SMILES string of the molecule is CCCCCCCCCCC(=O)C(CC)CCCc1ccccc1. The molecule has 1 aromatic rings. The summed E-state index contributed by atoms with van der Waals surface area (Å²) in [6.07, 6.45) is 15.5. The van der Waals surface area contributed by atoms with Crippen LogP contribution in [0.25, 0.3) is 0 Å². The monoisotopic (exact) mass is 330 g/mol. The predicted molar refractivity (Wildman–Crippen MR) is 105 cm³/mol. The van der Waals surface area contributed by atoms with Gasteiger partial charge >= 0.3 is 0 Å². The molecule has 0 aliphatic rings. The largest absolute Gasteiger partial charge is 0.299 e. The third kappa shape index (κ3) is 9.90. The van der Waals surface area contributed by atoms with Crippen molar-refractivity contribution in [1.29, 1.82) is 0 Å². The number of rotatable bonds is 15. The van der Waals surface area contributed by atoms with Crippen molar-refractivity contribution in [2.75, 3.05) is 0 Å². The summed E-state index contributed by atoms with van der Waals surface area (Å²) < 4.78 is 0. The Kier molecular flexibility index (Phi) is 12.4. The van der Waals surface area contributed by atoms with E-state index >= 15 is 0 Å². The molecular weight excluding hydrogens is 292 g/mol. The Morgan fingerprint density at radius 2 is 1.46 bits per heavy atom. The van der Waals surface area contributed by atoms with Gasteiger partial charge in [-0.15, -0.1) is 0 Å². The zero-order valence-corrected chi connectivity index (χ0v) is 16.1. The Hall–Kier alpha value is -1.11. The van der Waals surface area contributed by atoms with Crippen molar-refractivity contribution in [2.24, 2.45) is 5.92 Å². The molecule has 136 valence electrons. The van der Waals surface area contributed by atoms with Crippen molar-refractivity contribution in [3.8, 4) is 0 Å². The van der Waals surface area contributed by atoms with E-state index in [2.05, 4.69) is 44.2 Å². The molecule has 0 aromatic heterocycles. The highest BCUT2D eigenvalue weighted by atomic mass is 16.1. The molecule has 1 heteroatoms. The van der Waals surface area contributed by atoms with E-state index in [-0.39, 0.29) is 0 Å². The highest BCUT2D eigenvalue weighted by Gasteiger charge is 2.15. The molecule has 1 aromatic carbocycles. The molecule has 0 radical (unpaired) electrons. The van der Waals surface area contributed by atoms with Crippen LogP contribution in [-0.4, -0.2) is 5.78 Å². The molecule has 0 aliphatic heterocycles. The van der Waals surface area contributed by atoms with Crippen LogP contribution in [0.5, 0.6) is 0 Å². The van der Waals surface area contributed by atoms with Crippen LogP contribution in [0, 0.1) is 5.92 Å². The van der Waals surface area contributed by atoms with Crippen LogP contribution in [0.1, 0.15) is 96.5 Å². The molecule has 24 heavy (non-hydrogen) atoms. The van der Waals surface area contributed by atoms with E-state index in [0.29, 0.717) is 11.7 Å². The highest BCUT2D eigenvalue weighted by molar-refractivity contribution is 5.80. The minimum Gasteiger partial charge on any atom is -0.299 e. The number of benzene rings is 1. The van der Waals surface area contributed by atoms with E-state index in [1.54, 1.807) is 0 Å². The smallest absolute Gasteiger partial charge is 0.135 e. The summed E-state index contributed by atoms with van der Waals surface area (Å²) in [5, 5.41) is 0. The molecule has 0 saturated carbocycles. The highest BCUT2D eigenvalue weighted by Crippen LogP contribution is 2.18. The minimum absolute atomic E-state index is 0.290. The van der Waals surface area contributed by atoms with E-state index in [4.69, 9.17) is 0 Å². The molecule has 1 unspecified atom stereocenters. The molecular formula is C23H38O. The molecule has 0 bridgehead atoms. The first-order valence-corrected chi connectivity index (χ1v) is 10.3. The lowest BCUT2D eigenvalue weighted by Gasteiger charge is -2.13. The van der Waals surface area contributed by atoms with Gasteiger partial charge in [-0.1, -0.05) is 89.1 Å². The second kappa shape index (κ2) is 14.3. The van der Waals surface area contributed by atoms with E-state index in [1.165, 1.54) is 50.5 Å². The molecule has 0 amide bonds. The molecule has 0 heterocycles. The first-order valence-electron chi connectivity index (χ1n) is 10.3. The summed E-state index contributed by atoms with van der Waals surface area (Å²) in [4.78, 5) is 12.4. The average Bonchev–Trinajstić information content (AvgIpc) is 2.61. The maximum Gasteiger partial charge on any atom is 0.135 e. The van der Waals surface area contributed by atoms with Gasteiger partial charge in [-0.2, -0.15) is 0 Å². The van der Waals surface area contributed by atoms with Crippen molar-refractivity contribution < 1.29 is 4.79 Å². The number of aryl methyl sites for hydroxylation is 1. The van der Waals surface area contributed by atoms with Crippen molar-refractivity contribution in [1.82, 2.24) is 0 Å². The Bertz CT molecular complexity index is 409. The summed E-state index contributed by atoms with van der Waals surface area (Å²) in [6.45, 7) is 4.43. The van der Waals surface area contributed by atoms with Gasteiger partial charge in [0.15, 0.2) is 0 Å². The quantitative estimate of drug-likeness (QED) is 0.312. The van der Waals surface area contributed by atoms with Gasteiger partial charge in [0.1, 0.15) is 5.78 Å². The van der Waals surface area contributed by atoms with Gasteiger partial charge < -0.3 is 0 Å². The van der Waals surface area contributed by atoms with Crippen molar-refractivity contribution >= 4 is 5.78 Å². The van der Waals surface area contributed by atoms with Crippen LogP contribution in [0.15, 0.2) is 30.3 Å². The fraction of sp³-hybridized carbons (Fsp3) is 0.696. The summed E-state index contributed by atoms with van der Waals surface area (Å²) >= 11 is 0. The molecule has 1 rings (SSSR count). The number of ketones is 1. The van der Waals surface area contributed by atoms with E-state index in [9.17, 15) is 4.79 Å². The second-order valence-corrected chi connectivity index (χ2v) is 7.17. The topological polar surface area (TPSA) is 17.1 Å². The van der Waals surface area contributed by atoms with Gasteiger partial charge in [0.05, 0.1) is 0 Å². The lowest BCUT2D eigenvalue weighted by atomic mass is 9.90. The van der Waals surface area contributed by atoms with E-state index < -0.39 is 0 Å². The fourth-order valence-electron chi connectivity index (χ4n) is 3.43. The first kappa shape index (κ1) is 20.9. The number of carbonyl (C=O) groups is 1. The summed E-state index contributed by atoms with van der Waals surface area (Å²) in [6, 6.07) is 10.6. The van der Waals surface area contributed by atoms with E-state index in [0.717, 1.165) is 38.5 Å². The maximum atomic E-state index is 12.4. The predicted octanol–water partition coefficient (Wildman–Crippen LogP) is 7.14. The third-order valence-electron chi connectivity index (χ3n) is 5.09. The van der Waals surface area contributed by atoms with Crippen molar-refractivity contribution in [2.45, 2.75) is 97.3 Å². The molecule has 0 fully saturated rings. The molecule has 0 saturated heterocycles. The van der Waals surface area contributed by atoms with Crippen LogP contribution < -0.4 is 0 Å². The van der Waals surface area contributed by atoms with Crippen LogP contribution in [-0.2, 0) is 11.2 Å². The van der Waals surface area contributed by atoms with Crippen molar-refractivity contribution in [3.63, 3.8) is 0 Å². The van der Waals surface area contributed by atoms with Gasteiger partial charge in [0, 0.05) is 12.3 Å². The molecule has 0 N–H and O–H groups in total. The number of carbonyl (C=O) groups excluding carboxylic acids is 1. The Labute approximate surface area is 150 Å². The zero-order chi connectivity index (χ0) is 17.5. The van der Waals surface area contributed by atoms with Gasteiger partial charge in [-0.3, -0.25) is 4.79 Å². The van der Waals surface area contributed by atoms with Crippen molar-refractivity contribution in [3.05, 3.63) is 35.9 Å². The van der Waals surface area contributed by atoms with Crippen LogP contribution >= 0.6 is 0 Å². The average molecular weight is 331 g/mol. The minimum atomic E-state index is 0.290. The van der Waals surface area contributed by atoms with Crippen LogP contribution in [0.3, 0.4) is 0 Å². The van der Waals surface area contributed by atoms with Crippen LogP contribution in [0.2, 0.25) is 0 Å². The van der Waals surface area contributed by atoms with Gasteiger partial charge in [-0.05, 0) is 37.7 Å². The number of unbranched alkanes of at least 4 members (excludes halogenated alkanes) is 7. The summed E-state index contributed by atoms with van der Waals surface area (Å²) in [5.41, 5.74) is 1.39. The normalized spacial score (nSPS) is 12.2.